The number of hydrogen-bond donors (Lipinski definition) is 0. The van der Waals surface area contributed by atoms with Gasteiger partial charge in [-0.1, -0.05) is 41.7 Å². The topological polar surface area (TPSA) is 74.8 Å². The van der Waals surface area contributed by atoms with Gasteiger partial charge in [-0.05, 0) is 41.6 Å². The van der Waals surface area contributed by atoms with Crippen molar-refractivity contribution < 1.29 is 63.1 Å². The summed E-state index contributed by atoms with van der Waals surface area (Å²) < 4.78 is 146. The van der Waals surface area contributed by atoms with Crippen LogP contribution in [0.3, 0.4) is 0 Å². The van der Waals surface area contributed by atoms with Gasteiger partial charge in [0.15, 0.2) is 46.5 Å². The van der Waals surface area contributed by atoms with Gasteiger partial charge >= 0.3 is 0 Å². The quantitative estimate of drug-likeness (QED) is 0.0443. The molecule has 4 amide bonds. The number of anilines is 2. The van der Waals surface area contributed by atoms with Crippen LogP contribution in [-0.2, 0) is 6.42 Å². The Morgan fingerprint density at radius 3 is 0.965 bits per heavy atom. The van der Waals surface area contributed by atoms with Crippen molar-refractivity contribution in [3.8, 4) is 0 Å². The number of rotatable bonds is 3. The molecular weight excluding hydrogens is 845 g/mol. The molecule has 9 rings (SSSR count). The molecule has 2 aliphatic heterocycles. The van der Waals surface area contributed by atoms with Crippen molar-refractivity contribution in [2.24, 2.45) is 0 Å². The van der Waals surface area contributed by atoms with Crippen LogP contribution in [0.1, 0.15) is 53.9 Å². The number of imide groups is 2. The van der Waals surface area contributed by atoms with Crippen LogP contribution >= 0.6 is 34.8 Å². The Morgan fingerprint density at radius 2 is 0.649 bits per heavy atom. The first-order valence-corrected chi connectivity index (χ1v) is 17.1. The molecule has 0 fully saturated rings. The van der Waals surface area contributed by atoms with Gasteiger partial charge in [0, 0.05) is 58.3 Å². The largest absolute Gasteiger partial charge is 0.268 e. The maximum Gasteiger partial charge on any atom is 0.266 e. The van der Waals surface area contributed by atoms with Crippen LogP contribution < -0.4 is 9.80 Å². The van der Waals surface area contributed by atoms with Crippen LogP contribution in [0.15, 0.2) is 24.3 Å². The minimum atomic E-state index is -2.55. The third kappa shape index (κ3) is 4.34. The van der Waals surface area contributed by atoms with Gasteiger partial charge in [0.25, 0.3) is 23.6 Å². The molecule has 2 aliphatic rings. The molecule has 0 bridgehead atoms. The second kappa shape index (κ2) is 11.9. The lowest BCUT2D eigenvalue weighted by molar-refractivity contribution is 0.0874. The fourth-order valence-corrected chi connectivity index (χ4v) is 8.75. The summed E-state index contributed by atoms with van der Waals surface area (Å²) in [5.41, 5.74) is -5.63. The van der Waals surface area contributed by atoms with E-state index in [0.29, 0.717) is 0 Å². The predicted molar refractivity (Wildman–Crippen MR) is 187 cm³/mol. The zero-order valence-corrected chi connectivity index (χ0v) is 29.7. The van der Waals surface area contributed by atoms with Crippen LogP contribution in [-0.4, -0.2) is 23.6 Å². The fraction of sp³-hybridized carbons (Fsp3) is 0.0526. The third-order valence-corrected chi connectivity index (χ3v) is 11.1. The molecule has 0 radical (unpaired) electrons. The number of halogens is 13. The van der Waals surface area contributed by atoms with E-state index in [4.69, 9.17) is 34.8 Å². The van der Waals surface area contributed by atoms with Gasteiger partial charge in [0.1, 0.15) is 11.4 Å². The smallest absolute Gasteiger partial charge is 0.266 e. The third-order valence-electron chi connectivity index (χ3n) is 10.2. The van der Waals surface area contributed by atoms with E-state index in [9.17, 15) is 45.5 Å². The van der Waals surface area contributed by atoms with Gasteiger partial charge < -0.3 is 0 Å². The molecule has 57 heavy (non-hydrogen) atoms. The molecule has 0 aromatic heterocycles. The molecule has 7 aromatic carbocycles. The molecule has 6 nitrogen and oxygen atoms in total. The molecule has 0 aliphatic carbocycles. The van der Waals surface area contributed by atoms with Crippen LogP contribution in [0.25, 0.3) is 43.1 Å². The molecule has 0 saturated carbocycles. The zero-order valence-electron chi connectivity index (χ0n) is 27.5. The van der Waals surface area contributed by atoms with Crippen LogP contribution in [0.2, 0.25) is 15.1 Å². The summed E-state index contributed by atoms with van der Waals surface area (Å²) in [6.07, 6.45) is -0.00245. The van der Waals surface area contributed by atoms with Crippen molar-refractivity contribution in [2.45, 2.75) is 13.3 Å². The molecule has 19 heteroatoms. The van der Waals surface area contributed by atoms with Crippen molar-refractivity contribution >= 4 is 113 Å². The average Bonchev–Trinajstić information content (AvgIpc) is 3.18. The summed E-state index contributed by atoms with van der Waals surface area (Å²) in [6, 6.07) is 3.99. The Morgan fingerprint density at radius 1 is 0.386 bits per heavy atom. The van der Waals surface area contributed by atoms with E-state index in [2.05, 4.69) is 0 Å². The van der Waals surface area contributed by atoms with Gasteiger partial charge in [-0.25, -0.2) is 53.7 Å². The van der Waals surface area contributed by atoms with Crippen molar-refractivity contribution in [1.82, 2.24) is 0 Å². The molecule has 0 atom stereocenters. The van der Waals surface area contributed by atoms with Gasteiger partial charge in [-0.2, -0.15) is 0 Å². The first kappa shape index (κ1) is 36.9. The number of aryl methyl sites for hydroxylation is 1. The lowest BCUT2D eigenvalue weighted by Gasteiger charge is -2.32. The Balaban J connectivity index is 1.40. The summed E-state index contributed by atoms with van der Waals surface area (Å²) >= 11 is 20.5. The number of carbonyl (C=O) groups is 4. The van der Waals surface area contributed by atoms with E-state index in [0.717, 1.165) is 18.2 Å². The molecule has 0 spiro atoms. The minimum Gasteiger partial charge on any atom is -0.268 e. The van der Waals surface area contributed by atoms with Crippen LogP contribution in [0.4, 0.5) is 55.3 Å². The molecule has 0 N–H and O–H groups in total. The number of carbonyl (C=O) groups excluding carboxylic acids is 4. The van der Waals surface area contributed by atoms with Crippen molar-refractivity contribution in [2.75, 3.05) is 9.80 Å². The molecule has 7 aromatic rings. The number of fused-ring (bicyclic) bond motifs is 2. The highest BCUT2D eigenvalue weighted by Crippen LogP contribution is 2.54. The Kier molecular flexibility index (Phi) is 7.71. The molecule has 2 heterocycles. The number of amides is 4. The van der Waals surface area contributed by atoms with Gasteiger partial charge in [0.05, 0.1) is 16.7 Å². The van der Waals surface area contributed by atoms with E-state index in [1.165, 1.54) is 6.07 Å². The maximum absolute atomic E-state index is 15.1. The Labute approximate surface area is 323 Å². The summed E-state index contributed by atoms with van der Waals surface area (Å²) in [4.78, 5) is 55.6. The highest BCUT2D eigenvalue weighted by Gasteiger charge is 2.45. The molecular formula is C38H9Cl3F10N2O4. The average molecular weight is 854 g/mol. The fourth-order valence-electron chi connectivity index (χ4n) is 7.85. The van der Waals surface area contributed by atoms with E-state index < -0.39 is 115 Å². The standard InChI is InChI=1S/C38H9Cl3F10N2O4/c1-2-7-3-8-16-9(36(55)52(35(8)54)33-29(48)25(44)23(42)26(45)30(33)49)5-13(40)19-20-14(41)6-11-17-10(4-12(39)18(22(17)20)15(7)21(16)19)37(56)53(38(11)57)34-31(50)27(46)24(43)28(47)32(34)51/h3-6H,2H2,1H3. The second-order valence-corrected chi connectivity index (χ2v) is 14.1. The predicted octanol–water partition coefficient (Wildman–Crippen LogP) is 11.3. The lowest BCUT2D eigenvalue weighted by Crippen LogP contribution is -2.42. The second-order valence-electron chi connectivity index (χ2n) is 12.9. The summed E-state index contributed by atoms with van der Waals surface area (Å²) in [7, 11) is 0. The monoisotopic (exact) mass is 852 g/mol. The Bertz CT molecular complexity index is 3130. The molecule has 286 valence electrons. The van der Waals surface area contributed by atoms with Crippen molar-refractivity contribution in [1.29, 1.82) is 0 Å². The molecule has 0 saturated heterocycles. The summed E-state index contributed by atoms with van der Waals surface area (Å²) in [5.74, 6) is -30.9. The first-order valence-electron chi connectivity index (χ1n) is 16.0. The Hall–Kier alpha value is -5.71. The van der Waals surface area contributed by atoms with Crippen molar-refractivity contribution in [3.05, 3.63) is 125 Å². The lowest BCUT2D eigenvalue weighted by atomic mass is 9.80. The van der Waals surface area contributed by atoms with E-state index >= 15 is 17.6 Å². The van der Waals surface area contributed by atoms with Gasteiger partial charge in [-0.15, -0.1) is 0 Å². The summed E-state index contributed by atoms with van der Waals surface area (Å²) in [6.45, 7) is 1.58. The highest BCUT2D eigenvalue weighted by atomic mass is 35.5. The zero-order chi connectivity index (χ0) is 41.2. The van der Waals surface area contributed by atoms with Crippen molar-refractivity contribution in [3.63, 3.8) is 0 Å². The van der Waals surface area contributed by atoms with E-state index in [-0.39, 0.29) is 79.9 Å². The van der Waals surface area contributed by atoms with Crippen LogP contribution in [0, 0.1) is 58.2 Å². The van der Waals surface area contributed by atoms with Crippen LogP contribution in [0.5, 0.6) is 0 Å². The number of benzene rings is 7. The SMILES string of the molecule is CCc1cc2c3c(cc(Cl)c4c5c(Cl)cc6c7c(cc(Cl)c(c1c34)c75)C(=O)N(c1c(F)c(F)c(F)c(F)c1F)C6=O)C(=O)N(c1c(F)c(F)c(F)c(F)c1F)C2=O. The maximum atomic E-state index is 15.1. The number of hydrogen-bond acceptors (Lipinski definition) is 4. The van der Waals surface area contributed by atoms with E-state index in [1.54, 1.807) is 6.92 Å². The minimum absolute atomic E-state index is 0.00245. The highest BCUT2D eigenvalue weighted by molar-refractivity contribution is 6.55. The van der Waals surface area contributed by atoms with E-state index in [1.807, 2.05) is 0 Å². The van der Waals surface area contributed by atoms with Gasteiger partial charge in [-0.3, -0.25) is 19.2 Å². The normalized spacial score (nSPS) is 14.3. The summed E-state index contributed by atoms with van der Waals surface area (Å²) in [5, 5.41) is -1.61. The molecule has 0 unspecified atom stereocenters. The van der Waals surface area contributed by atoms with Gasteiger partial charge in [0.2, 0.25) is 11.6 Å². The first-order chi connectivity index (χ1) is 26.9. The number of nitrogens with zero attached hydrogens (tertiary/aromatic N) is 2.